The Balaban J connectivity index is 2.19. The van der Waals surface area contributed by atoms with E-state index in [1.807, 2.05) is 0 Å². The number of nitrogens with one attached hydrogen (secondary N) is 1. The Hall–Kier alpha value is -1.07. The van der Waals surface area contributed by atoms with Gasteiger partial charge in [-0.3, -0.25) is 0 Å². The van der Waals surface area contributed by atoms with Gasteiger partial charge in [0.15, 0.2) is 0 Å². The quantitative estimate of drug-likeness (QED) is 0.682. The minimum absolute atomic E-state index is 0.229. The molecule has 112 valence electrons. The van der Waals surface area contributed by atoms with E-state index in [1.54, 1.807) is 0 Å². The van der Waals surface area contributed by atoms with Crippen LogP contribution < -0.4 is 10.1 Å². The SMILES string of the molecule is CCCOc1ccc(C(NCC)c2ccc(I)cc2)cc1. The van der Waals surface area contributed by atoms with E-state index in [2.05, 4.69) is 90.3 Å². The maximum atomic E-state index is 5.65. The van der Waals surface area contributed by atoms with Gasteiger partial charge in [0.25, 0.3) is 0 Å². The Morgan fingerprint density at radius 1 is 0.952 bits per heavy atom. The molecular weight excluding hydrogens is 373 g/mol. The van der Waals surface area contributed by atoms with Gasteiger partial charge in [0.2, 0.25) is 0 Å². The van der Waals surface area contributed by atoms with E-state index in [4.69, 9.17) is 4.74 Å². The first-order valence-corrected chi connectivity index (χ1v) is 8.54. The van der Waals surface area contributed by atoms with E-state index < -0.39 is 0 Å². The molecule has 0 amide bonds. The van der Waals surface area contributed by atoms with Gasteiger partial charge in [0.1, 0.15) is 5.75 Å². The highest BCUT2D eigenvalue weighted by Crippen LogP contribution is 2.24. The maximum Gasteiger partial charge on any atom is 0.119 e. The van der Waals surface area contributed by atoms with Gasteiger partial charge in [0.05, 0.1) is 12.6 Å². The van der Waals surface area contributed by atoms with Crippen LogP contribution >= 0.6 is 22.6 Å². The summed E-state index contributed by atoms with van der Waals surface area (Å²) in [6.45, 7) is 5.96. The summed E-state index contributed by atoms with van der Waals surface area (Å²) in [6, 6.07) is 17.3. The van der Waals surface area contributed by atoms with Crippen molar-refractivity contribution in [1.29, 1.82) is 0 Å². The molecule has 0 radical (unpaired) electrons. The van der Waals surface area contributed by atoms with Crippen molar-refractivity contribution in [2.45, 2.75) is 26.3 Å². The van der Waals surface area contributed by atoms with Crippen LogP contribution in [0.4, 0.5) is 0 Å². The predicted octanol–water partition coefficient (Wildman–Crippen LogP) is 4.78. The molecule has 0 heterocycles. The normalized spacial score (nSPS) is 12.1. The molecule has 0 aromatic heterocycles. The van der Waals surface area contributed by atoms with Crippen LogP contribution in [0.5, 0.6) is 5.75 Å². The molecule has 0 saturated carbocycles. The van der Waals surface area contributed by atoms with Gasteiger partial charge in [-0.25, -0.2) is 0 Å². The molecule has 0 aliphatic carbocycles. The maximum absolute atomic E-state index is 5.65. The summed E-state index contributed by atoms with van der Waals surface area (Å²) in [6.07, 6.45) is 1.03. The average molecular weight is 395 g/mol. The molecule has 0 fully saturated rings. The van der Waals surface area contributed by atoms with E-state index in [0.717, 1.165) is 25.3 Å². The van der Waals surface area contributed by atoms with Gasteiger partial charge in [0, 0.05) is 3.57 Å². The molecule has 1 N–H and O–H groups in total. The molecule has 2 rings (SSSR count). The highest BCUT2D eigenvalue weighted by Gasteiger charge is 2.12. The van der Waals surface area contributed by atoms with Crippen LogP contribution in [-0.4, -0.2) is 13.2 Å². The van der Waals surface area contributed by atoms with E-state index in [9.17, 15) is 0 Å². The van der Waals surface area contributed by atoms with E-state index in [1.165, 1.54) is 14.7 Å². The Morgan fingerprint density at radius 2 is 1.52 bits per heavy atom. The fraction of sp³-hybridized carbons (Fsp3) is 0.333. The van der Waals surface area contributed by atoms with Gasteiger partial charge in [-0.1, -0.05) is 38.1 Å². The fourth-order valence-corrected chi connectivity index (χ4v) is 2.62. The van der Waals surface area contributed by atoms with Crippen LogP contribution in [0.2, 0.25) is 0 Å². The molecule has 21 heavy (non-hydrogen) atoms. The van der Waals surface area contributed by atoms with E-state index in [0.29, 0.717) is 0 Å². The standard InChI is InChI=1S/C18H22INO/c1-3-13-21-17-11-7-15(8-12-17)18(20-4-2)14-5-9-16(19)10-6-14/h5-12,18,20H,3-4,13H2,1-2H3. The van der Waals surface area contributed by atoms with Gasteiger partial charge in [-0.05, 0) is 70.9 Å². The first-order chi connectivity index (χ1) is 10.2. The van der Waals surface area contributed by atoms with Crippen LogP contribution in [0.25, 0.3) is 0 Å². The smallest absolute Gasteiger partial charge is 0.119 e. The van der Waals surface area contributed by atoms with Crippen molar-refractivity contribution in [3.63, 3.8) is 0 Å². The second-order valence-corrected chi connectivity index (χ2v) is 6.21. The summed E-state index contributed by atoms with van der Waals surface area (Å²) in [4.78, 5) is 0. The van der Waals surface area contributed by atoms with Gasteiger partial charge in [-0.15, -0.1) is 0 Å². The minimum Gasteiger partial charge on any atom is -0.494 e. The second-order valence-electron chi connectivity index (χ2n) is 4.96. The van der Waals surface area contributed by atoms with Crippen molar-refractivity contribution in [2.75, 3.05) is 13.2 Å². The molecule has 0 aliphatic rings. The fourth-order valence-electron chi connectivity index (χ4n) is 2.26. The third-order valence-corrected chi connectivity index (χ3v) is 4.02. The summed E-state index contributed by atoms with van der Waals surface area (Å²) in [5, 5.41) is 3.55. The van der Waals surface area contributed by atoms with Gasteiger partial charge >= 0.3 is 0 Å². The molecule has 0 bridgehead atoms. The number of hydrogen-bond donors (Lipinski definition) is 1. The molecule has 0 aliphatic heterocycles. The average Bonchev–Trinajstić information content (AvgIpc) is 2.52. The summed E-state index contributed by atoms with van der Waals surface area (Å²) in [5.74, 6) is 0.943. The van der Waals surface area contributed by atoms with Crippen molar-refractivity contribution >= 4 is 22.6 Å². The third kappa shape index (κ3) is 4.71. The lowest BCUT2D eigenvalue weighted by molar-refractivity contribution is 0.317. The zero-order valence-electron chi connectivity index (χ0n) is 12.6. The van der Waals surface area contributed by atoms with Crippen LogP contribution in [-0.2, 0) is 0 Å². The first-order valence-electron chi connectivity index (χ1n) is 7.46. The summed E-state index contributed by atoms with van der Waals surface area (Å²) < 4.78 is 6.91. The lowest BCUT2D eigenvalue weighted by Gasteiger charge is -2.19. The topological polar surface area (TPSA) is 21.3 Å². The zero-order chi connectivity index (χ0) is 15.1. The molecular formula is C18H22INO. The molecule has 2 aromatic rings. The van der Waals surface area contributed by atoms with Crippen LogP contribution in [0.1, 0.15) is 37.4 Å². The third-order valence-electron chi connectivity index (χ3n) is 3.30. The van der Waals surface area contributed by atoms with Crippen molar-refractivity contribution in [3.8, 4) is 5.75 Å². The molecule has 0 spiro atoms. The van der Waals surface area contributed by atoms with E-state index >= 15 is 0 Å². The number of rotatable bonds is 7. The van der Waals surface area contributed by atoms with Crippen molar-refractivity contribution < 1.29 is 4.74 Å². The van der Waals surface area contributed by atoms with E-state index in [-0.39, 0.29) is 6.04 Å². The van der Waals surface area contributed by atoms with Crippen molar-refractivity contribution in [2.24, 2.45) is 0 Å². The summed E-state index contributed by atoms with van der Waals surface area (Å²) >= 11 is 2.34. The molecule has 1 atom stereocenters. The molecule has 0 saturated heterocycles. The number of benzene rings is 2. The lowest BCUT2D eigenvalue weighted by Crippen LogP contribution is -2.21. The highest BCUT2D eigenvalue weighted by molar-refractivity contribution is 14.1. The Kier molecular flexibility index (Phi) is 6.51. The summed E-state index contributed by atoms with van der Waals surface area (Å²) in [7, 11) is 0. The highest BCUT2D eigenvalue weighted by atomic mass is 127. The Morgan fingerprint density at radius 3 is 2.05 bits per heavy atom. The molecule has 1 unspecified atom stereocenters. The number of hydrogen-bond acceptors (Lipinski definition) is 2. The first kappa shape index (κ1) is 16.3. The lowest BCUT2D eigenvalue weighted by atomic mass is 9.98. The van der Waals surface area contributed by atoms with Gasteiger partial charge < -0.3 is 10.1 Å². The van der Waals surface area contributed by atoms with Gasteiger partial charge in [-0.2, -0.15) is 0 Å². The van der Waals surface area contributed by atoms with Crippen LogP contribution in [0, 0.1) is 3.57 Å². The van der Waals surface area contributed by atoms with Crippen molar-refractivity contribution in [3.05, 3.63) is 63.2 Å². The monoisotopic (exact) mass is 395 g/mol. The zero-order valence-corrected chi connectivity index (χ0v) is 14.8. The molecule has 2 aromatic carbocycles. The minimum atomic E-state index is 0.229. The van der Waals surface area contributed by atoms with Crippen LogP contribution in [0.15, 0.2) is 48.5 Å². The van der Waals surface area contributed by atoms with Crippen molar-refractivity contribution in [1.82, 2.24) is 5.32 Å². The Bertz CT molecular complexity index is 536. The second kappa shape index (κ2) is 8.39. The van der Waals surface area contributed by atoms with Crippen LogP contribution in [0.3, 0.4) is 0 Å². The summed E-state index contributed by atoms with van der Waals surface area (Å²) in [5.41, 5.74) is 2.56. The largest absolute Gasteiger partial charge is 0.494 e. The number of ether oxygens (including phenoxy) is 1. The Labute approximate surface area is 141 Å². The molecule has 2 nitrogen and oxygen atoms in total. The predicted molar refractivity (Wildman–Crippen MR) is 96.9 cm³/mol. The number of halogens is 1. The molecule has 3 heteroatoms.